The van der Waals surface area contributed by atoms with E-state index in [1.165, 1.54) is 22.9 Å². The average molecular weight is 230 g/mol. The number of nitrogens with zero attached hydrogens (tertiary/aromatic N) is 1. The Labute approximate surface area is 92.8 Å². The lowest BCUT2D eigenvalue weighted by molar-refractivity contribution is -0.142. The minimum absolute atomic E-state index is 0.0460. The number of nitrogens with one attached hydrogen (secondary N) is 1. The van der Waals surface area contributed by atoms with Crippen molar-refractivity contribution in [2.45, 2.75) is 12.4 Å². The lowest BCUT2D eigenvalue weighted by Gasteiger charge is -2.31. The first-order chi connectivity index (χ1) is 7.11. The maximum atomic E-state index is 11.7. The Kier molecular flexibility index (Phi) is 4.02. The van der Waals surface area contributed by atoms with Crippen LogP contribution in [0.15, 0.2) is 11.8 Å². The second-order valence-electron chi connectivity index (χ2n) is 2.95. The standard InChI is InChI=1S/C9H14N2O3S/c1-4-14-8(13)6-5-10-9(15-3)11(2)7(6)12/h5,9-10H,4H2,1-3H3. The van der Waals surface area contributed by atoms with Gasteiger partial charge in [0.1, 0.15) is 11.1 Å². The maximum Gasteiger partial charge on any atom is 0.345 e. The molecule has 0 aliphatic carbocycles. The molecule has 1 aliphatic rings. The van der Waals surface area contributed by atoms with Gasteiger partial charge in [-0.2, -0.15) is 0 Å². The van der Waals surface area contributed by atoms with E-state index >= 15 is 0 Å². The third kappa shape index (κ3) is 2.44. The number of carbonyl (C=O) groups is 2. The van der Waals surface area contributed by atoms with Crippen LogP contribution in [0.1, 0.15) is 6.92 Å². The Morgan fingerprint density at radius 1 is 1.73 bits per heavy atom. The molecule has 0 aromatic carbocycles. The molecule has 0 bridgehead atoms. The third-order valence-electron chi connectivity index (χ3n) is 1.99. The van der Waals surface area contributed by atoms with Crippen molar-refractivity contribution in [3.63, 3.8) is 0 Å². The van der Waals surface area contributed by atoms with Crippen LogP contribution in [0.25, 0.3) is 0 Å². The highest BCUT2D eigenvalue weighted by molar-refractivity contribution is 7.99. The Morgan fingerprint density at radius 3 is 2.93 bits per heavy atom. The number of ether oxygens (including phenoxy) is 1. The van der Waals surface area contributed by atoms with Crippen LogP contribution in [0.4, 0.5) is 0 Å². The minimum Gasteiger partial charge on any atom is -0.462 e. The molecule has 1 N–H and O–H groups in total. The van der Waals surface area contributed by atoms with Crippen LogP contribution in [0, 0.1) is 0 Å². The number of hydrogen-bond donors (Lipinski definition) is 1. The molecule has 1 aliphatic heterocycles. The van der Waals surface area contributed by atoms with Gasteiger partial charge in [-0.1, -0.05) is 0 Å². The van der Waals surface area contributed by atoms with Crippen LogP contribution in [-0.2, 0) is 14.3 Å². The van der Waals surface area contributed by atoms with Crippen LogP contribution < -0.4 is 5.32 Å². The highest BCUT2D eigenvalue weighted by Crippen LogP contribution is 2.16. The van der Waals surface area contributed by atoms with Crippen molar-refractivity contribution in [2.24, 2.45) is 0 Å². The molecule has 1 rings (SSSR count). The Balaban J connectivity index is 2.80. The number of likely N-dealkylation sites (N-methyl/N-ethyl adjacent to an activating group) is 1. The molecule has 15 heavy (non-hydrogen) atoms. The third-order valence-corrected chi connectivity index (χ3v) is 2.89. The molecule has 6 heteroatoms. The molecule has 1 atom stereocenters. The maximum absolute atomic E-state index is 11.7. The quantitative estimate of drug-likeness (QED) is 0.552. The number of thioether (sulfide) groups is 1. The van der Waals surface area contributed by atoms with E-state index in [9.17, 15) is 9.59 Å². The van der Waals surface area contributed by atoms with Gasteiger partial charge in [-0.3, -0.25) is 4.79 Å². The van der Waals surface area contributed by atoms with Crippen molar-refractivity contribution >= 4 is 23.6 Å². The predicted octanol–water partition coefficient (Wildman–Crippen LogP) is 0.142. The van der Waals surface area contributed by atoms with Crippen LogP contribution in [-0.4, -0.2) is 42.2 Å². The summed E-state index contributed by atoms with van der Waals surface area (Å²) in [5, 5.41) is 2.94. The zero-order chi connectivity index (χ0) is 11.4. The van der Waals surface area contributed by atoms with Crippen molar-refractivity contribution in [2.75, 3.05) is 19.9 Å². The van der Waals surface area contributed by atoms with E-state index in [0.29, 0.717) is 0 Å². The number of amides is 1. The fourth-order valence-electron chi connectivity index (χ4n) is 1.21. The van der Waals surface area contributed by atoms with Gasteiger partial charge >= 0.3 is 5.97 Å². The number of esters is 1. The highest BCUT2D eigenvalue weighted by Gasteiger charge is 2.30. The van der Waals surface area contributed by atoms with E-state index in [2.05, 4.69) is 5.32 Å². The van der Waals surface area contributed by atoms with E-state index in [0.717, 1.165) is 0 Å². The van der Waals surface area contributed by atoms with Gasteiger partial charge in [0.25, 0.3) is 5.91 Å². The molecule has 1 amide bonds. The molecular formula is C9H14N2O3S. The zero-order valence-electron chi connectivity index (χ0n) is 8.94. The topological polar surface area (TPSA) is 58.6 Å². The molecule has 0 radical (unpaired) electrons. The molecule has 0 fully saturated rings. The van der Waals surface area contributed by atoms with Crippen molar-refractivity contribution in [1.29, 1.82) is 0 Å². The van der Waals surface area contributed by atoms with Gasteiger partial charge in [-0.05, 0) is 13.2 Å². The fraction of sp³-hybridized carbons (Fsp3) is 0.556. The molecule has 1 unspecified atom stereocenters. The monoisotopic (exact) mass is 230 g/mol. The number of hydrogen-bond acceptors (Lipinski definition) is 5. The van der Waals surface area contributed by atoms with E-state index < -0.39 is 5.97 Å². The average Bonchev–Trinajstić information content (AvgIpc) is 2.22. The van der Waals surface area contributed by atoms with Gasteiger partial charge in [-0.25, -0.2) is 4.79 Å². The summed E-state index contributed by atoms with van der Waals surface area (Å²) >= 11 is 1.48. The summed E-state index contributed by atoms with van der Waals surface area (Å²) in [5.41, 5.74) is -0.0830. The first kappa shape index (κ1) is 11.9. The molecule has 5 nitrogen and oxygen atoms in total. The van der Waals surface area contributed by atoms with Crippen LogP contribution >= 0.6 is 11.8 Å². The normalized spacial score (nSPS) is 20.7. The van der Waals surface area contributed by atoms with Gasteiger partial charge < -0.3 is 15.0 Å². The molecule has 0 aromatic heterocycles. The summed E-state index contributed by atoms with van der Waals surface area (Å²) in [6, 6.07) is 0. The summed E-state index contributed by atoms with van der Waals surface area (Å²) < 4.78 is 4.77. The van der Waals surface area contributed by atoms with Crippen molar-refractivity contribution in [1.82, 2.24) is 10.2 Å². The molecule has 84 valence electrons. The minimum atomic E-state index is -0.582. The second kappa shape index (κ2) is 5.06. The smallest absolute Gasteiger partial charge is 0.345 e. The van der Waals surface area contributed by atoms with E-state index in [4.69, 9.17) is 4.74 Å². The van der Waals surface area contributed by atoms with Crippen LogP contribution in [0.3, 0.4) is 0 Å². The Hall–Kier alpha value is -1.17. The molecular weight excluding hydrogens is 216 g/mol. The van der Waals surface area contributed by atoms with Crippen LogP contribution in [0.5, 0.6) is 0 Å². The summed E-state index contributed by atoms with van der Waals surface area (Å²) in [4.78, 5) is 24.5. The van der Waals surface area contributed by atoms with Gasteiger partial charge in [-0.15, -0.1) is 11.8 Å². The van der Waals surface area contributed by atoms with Gasteiger partial charge in [0, 0.05) is 13.2 Å². The largest absolute Gasteiger partial charge is 0.462 e. The Morgan fingerprint density at radius 2 is 2.40 bits per heavy atom. The lowest BCUT2D eigenvalue weighted by atomic mass is 10.2. The lowest BCUT2D eigenvalue weighted by Crippen LogP contribution is -2.48. The van der Waals surface area contributed by atoms with Crippen molar-refractivity contribution in [3.8, 4) is 0 Å². The van der Waals surface area contributed by atoms with E-state index in [-0.39, 0.29) is 23.6 Å². The summed E-state index contributed by atoms with van der Waals surface area (Å²) in [7, 11) is 1.64. The second-order valence-corrected chi connectivity index (χ2v) is 3.87. The first-order valence-electron chi connectivity index (χ1n) is 4.55. The summed E-state index contributed by atoms with van der Waals surface area (Å²) in [6.07, 6.45) is 3.30. The Bertz CT molecular complexity index is 304. The van der Waals surface area contributed by atoms with Crippen molar-refractivity contribution < 1.29 is 14.3 Å². The SMILES string of the molecule is CCOC(=O)C1=CNC(SC)N(C)C1=O. The molecule has 0 spiro atoms. The van der Waals surface area contributed by atoms with E-state index in [1.54, 1.807) is 14.0 Å². The molecule has 0 saturated heterocycles. The summed E-state index contributed by atoms with van der Waals surface area (Å²) in [5.74, 6) is -0.895. The van der Waals surface area contributed by atoms with Gasteiger partial charge in [0.2, 0.25) is 0 Å². The number of rotatable bonds is 3. The van der Waals surface area contributed by atoms with Crippen LogP contribution in [0.2, 0.25) is 0 Å². The molecule has 0 aromatic rings. The van der Waals surface area contributed by atoms with Gasteiger partial charge in [0.05, 0.1) is 6.61 Å². The summed E-state index contributed by atoms with van der Waals surface area (Å²) in [6.45, 7) is 1.97. The molecule has 1 heterocycles. The number of carbonyl (C=O) groups excluding carboxylic acids is 2. The highest BCUT2D eigenvalue weighted by atomic mass is 32.2. The zero-order valence-corrected chi connectivity index (χ0v) is 9.76. The predicted molar refractivity (Wildman–Crippen MR) is 57.9 cm³/mol. The fourth-order valence-corrected chi connectivity index (χ4v) is 1.82. The van der Waals surface area contributed by atoms with Crippen molar-refractivity contribution in [3.05, 3.63) is 11.8 Å². The van der Waals surface area contributed by atoms with Gasteiger partial charge in [0.15, 0.2) is 0 Å². The first-order valence-corrected chi connectivity index (χ1v) is 5.84. The van der Waals surface area contributed by atoms with E-state index in [1.807, 2.05) is 6.26 Å². The molecule has 0 saturated carbocycles.